The zero-order valence-corrected chi connectivity index (χ0v) is 26.9. The summed E-state index contributed by atoms with van der Waals surface area (Å²) in [6.07, 6.45) is 10.1. The van der Waals surface area contributed by atoms with E-state index in [1.165, 1.54) is 30.5 Å². The summed E-state index contributed by atoms with van der Waals surface area (Å²) >= 11 is 1.74. The number of nitrogens with zero attached hydrogens (tertiary/aromatic N) is 2. The first kappa shape index (κ1) is 32.8. The molecule has 6 atom stereocenters. The van der Waals surface area contributed by atoms with E-state index in [4.69, 9.17) is 0 Å². The number of benzene rings is 1. The second kappa shape index (κ2) is 15.4. The van der Waals surface area contributed by atoms with Crippen molar-refractivity contribution in [3.8, 4) is 5.75 Å². The number of phenolic OH excluding ortho intramolecular Hbond substituents is 1. The Morgan fingerprint density at radius 3 is 2.47 bits per heavy atom. The summed E-state index contributed by atoms with van der Waals surface area (Å²) in [4.78, 5) is 5.25. The topological polar surface area (TPSA) is 26.7 Å². The van der Waals surface area contributed by atoms with E-state index in [0.29, 0.717) is 35.6 Å². The lowest BCUT2D eigenvalue weighted by Gasteiger charge is -2.58. The number of aryl methyl sites for hydroxylation is 1. The lowest BCUT2D eigenvalue weighted by atomic mass is 9.53. The Balaban J connectivity index is 2.75. The largest absolute Gasteiger partial charge is 0.508 e. The number of likely N-dealkylation sites (tertiary alicyclic amines) is 1. The van der Waals surface area contributed by atoms with Crippen LogP contribution in [0.25, 0.3) is 0 Å². The average molecular weight is 543 g/mol. The molecule has 0 spiro atoms. The Morgan fingerprint density at radius 1 is 1.21 bits per heavy atom. The number of allylic oxidation sites excluding steroid dienone is 1. The summed E-state index contributed by atoms with van der Waals surface area (Å²) in [5.74, 6) is 2.05. The molecule has 1 aliphatic rings. The van der Waals surface area contributed by atoms with Crippen LogP contribution in [0.15, 0.2) is 41.3 Å². The highest BCUT2D eigenvalue weighted by Gasteiger charge is 2.53. The molecular weight excluding hydrogens is 484 g/mol. The summed E-state index contributed by atoms with van der Waals surface area (Å²) in [5, 5.41) is 14.1. The van der Waals surface area contributed by atoms with Crippen LogP contribution >= 0.6 is 11.8 Å². The highest BCUT2D eigenvalue weighted by molar-refractivity contribution is 8.05. The number of piperidine rings is 1. The first-order chi connectivity index (χ1) is 18.1. The molecule has 38 heavy (non-hydrogen) atoms. The Hall–Kier alpha value is -1.39. The minimum absolute atomic E-state index is 0.00883. The van der Waals surface area contributed by atoms with E-state index in [-0.39, 0.29) is 5.41 Å². The zero-order valence-electron chi connectivity index (χ0n) is 26.1. The fraction of sp³-hybridized carbons (Fsp3) is 0.706. The lowest BCUT2D eigenvalue weighted by Crippen LogP contribution is -2.61. The molecule has 3 nitrogen and oxygen atoms in total. The van der Waals surface area contributed by atoms with Gasteiger partial charge in [0.25, 0.3) is 0 Å². The summed E-state index contributed by atoms with van der Waals surface area (Å²) in [6.45, 7) is 25.5. The summed E-state index contributed by atoms with van der Waals surface area (Å²) < 4.78 is 0. The fourth-order valence-electron chi connectivity index (χ4n) is 7.18. The molecule has 0 bridgehead atoms. The third-order valence-electron chi connectivity index (χ3n) is 9.68. The van der Waals surface area contributed by atoms with Crippen molar-refractivity contribution in [1.82, 2.24) is 9.80 Å². The fourth-order valence-corrected chi connectivity index (χ4v) is 7.78. The van der Waals surface area contributed by atoms with Crippen molar-refractivity contribution in [2.45, 2.75) is 118 Å². The second-order valence-corrected chi connectivity index (χ2v) is 12.8. The predicted molar refractivity (Wildman–Crippen MR) is 170 cm³/mol. The first-order valence-corrected chi connectivity index (χ1v) is 16.3. The Bertz CT molecular complexity index is 898. The molecule has 0 saturated carbocycles. The molecule has 0 radical (unpaired) electrons. The van der Waals surface area contributed by atoms with Gasteiger partial charge < -0.3 is 14.9 Å². The van der Waals surface area contributed by atoms with Crippen molar-refractivity contribution in [3.63, 3.8) is 0 Å². The Morgan fingerprint density at radius 2 is 1.89 bits per heavy atom. The smallest absolute Gasteiger partial charge is 0.115 e. The molecule has 1 aromatic rings. The molecule has 1 N–H and O–H groups in total. The highest BCUT2D eigenvalue weighted by atomic mass is 32.2. The van der Waals surface area contributed by atoms with Crippen molar-refractivity contribution < 1.29 is 5.11 Å². The van der Waals surface area contributed by atoms with Crippen LogP contribution in [-0.2, 0) is 11.8 Å². The molecule has 6 unspecified atom stereocenters. The van der Waals surface area contributed by atoms with Crippen LogP contribution in [0.4, 0.5) is 0 Å². The number of hydrogen-bond acceptors (Lipinski definition) is 4. The van der Waals surface area contributed by atoms with Crippen LogP contribution in [-0.4, -0.2) is 47.1 Å². The van der Waals surface area contributed by atoms with E-state index in [9.17, 15) is 5.11 Å². The quantitative estimate of drug-likeness (QED) is 0.239. The number of hydrogen-bond donors (Lipinski definition) is 1. The standard InChI is InChI=1S/C34H58N2OS/c1-11-16-31(33(17-12-2)35(10)28(9)38-22-13-3)34(32-23-30(37)19-18-29(32)15-5)20-21-36(24-25(6)14-4)27(8)26(34)7/h13,18-19,22-23,25-27,31,33,37H,9,11-12,14-17,20-21,24H2,1-8,10H3/b22-13-. The van der Waals surface area contributed by atoms with Gasteiger partial charge in [0.2, 0.25) is 0 Å². The third kappa shape index (κ3) is 7.22. The van der Waals surface area contributed by atoms with Gasteiger partial charge in [0.15, 0.2) is 0 Å². The van der Waals surface area contributed by atoms with Crippen LogP contribution < -0.4 is 0 Å². The molecule has 1 aliphatic heterocycles. The van der Waals surface area contributed by atoms with E-state index in [2.05, 4.69) is 102 Å². The molecule has 1 fully saturated rings. The SMILES string of the molecule is C=C(S/C=C\C)N(C)C(CCC)C(CCC)C1(c2cc(O)ccc2CC)CCN(CC(C)CC)C(C)C1C. The van der Waals surface area contributed by atoms with Gasteiger partial charge in [-0.1, -0.05) is 91.3 Å². The van der Waals surface area contributed by atoms with Crippen LogP contribution in [0, 0.1) is 17.8 Å². The Kier molecular flexibility index (Phi) is 13.3. The molecule has 0 aromatic heterocycles. The molecule has 0 amide bonds. The average Bonchev–Trinajstić information content (AvgIpc) is 2.92. The minimum atomic E-state index is -0.00883. The van der Waals surface area contributed by atoms with E-state index in [1.807, 2.05) is 6.07 Å². The highest BCUT2D eigenvalue weighted by Crippen LogP contribution is 2.54. The molecule has 0 aliphatic carbocycles. The van der Waals surface area contributed by atoms with E-state index in [1.54, 1.807) is 11.8 Å². The monoisotopic (exact) mass is 542 g/mol. The van der Waals surface area contributed by atoms with Gasteiger partial charge in [0.1, 0.15) is 5.75 Å². The van der Waals surface area contributed by atoms with Crippen LogP contribution in [0.2, 0.25) is 0 Å². The summed E-state index contributed by atoms with van der Waals surface area (Å²) in [6, 6.07) is 7.10. The zero-order chi connectivity index (χ0) is 28.5. The van der Waals surface area contributed by atoms with Gasteiger partial charge in [-0.05, 0) is 92.5 Å². The maximum absolute atomic E-state index is 10.8. The first-order valence-electron chi connectivity index (χ1n) is 15.4. The molecule has 1 saturated heterocycles. The van der Waals surface area contributed by atoms with Gasteiger partial charge in [-0.25, -0.2) is 0 Å². The Labute approximate surface area is 240 Å². The molecule has 4 heteroatoms. The molecule has 1 heterocycles. The third-order valence-corrected chi connectivity index (χ3v) is 10.7. The molecule has 2 rings (SSSR count). The van der Waals surface area contributed by atoms with Crippen LogP contribution in [0.1, 0.15) is 105 Å². The molecule has 216 valence electrons. The van der Waals surface area contributed by atoms with Crippen molar-refractivity contribution in [1.29, 1.82) is 0 Å². The predicted octanol–water partition coefficient (Wildman–Crippen LogP) is 9.22. The van der Waals surface area contributed by atoms with Crippen molar-refractivity contribution >= 4 is 11.8 Å². The van der Waals surface area contributed by atoms with Crippen LogP contribution in [0.5, 0.6) is 5.75 Å². The van der Waals surface area contributed by atoms with Gasteiger partial charge >= 0.3 is 0 Å². The van der Waals surface area contributed by atoms with E-state index < -0.39 is 0 Å². The minimum Gasteiger partial charge on any atom is -0.508 e. The lowest BCUT2D eigenvalue weighted by molar-refractivity contribution is -0.0207. The molecule has 1 aromatic carbocycles. The van der Waals surface area contributed by atoms with Crippen molar-refractivity contribution in [3.05, 3.63) is 52.4 Å². The van der Waals surface area contributed by atoms with Gasteiger partial charge in [-0.2, -0.15) is 0 Å². The van der Waals surface area contributed by atoms with E-state index >= 15 is 0 Å². The van der Waals surface area contributed by atoms with Gasteiger partial charge in [0, 0.05) is 31.1 Å². The number of rotatable bonds is 15. The van der Waals surface area contributed by atoms with Gasteiger partial charge in [-0.3, -0.25) is 0 Å². The summed E-state index contributed by atoms with van der Waals surface area (Å²) in [5.41, 5.74) is 2.80. The number of aromatic hydroxyl groups is 1. The second-order valence-electron chi connectivity index (χ2n) is 11.9. The van der Waals surface area contributed by atoms with Crippen LogP contribution in [0.3, 0.4) is 0 Å². The number of phenols is 1. The van der Waals surface area contributed by atoms with Crippen molar-refractivity contribution in [2.75, 3.05) is 20.1 Å². The maximum Gasteiger partial charge on any atom is 0.115 e. The summed E-state index contributed by atoms with van der Waals surface area (Å²) in [7, 11) is 2.27. The van der Waals surface area contributed by atoms with Gasteiger partial charge in [0.05, 0.1) is 5.03 Å². The molecular formula is C34H58N2OS. The van der Waals surface area contributed by atoms with E-state index in [0.717, 1.165) is 43.7 Å². The number of thioether (sulfide) groups is 1. The van der Waals surface area contributed by atoms with Gasteiger partial charge in [-0.15, -0.1) is 0 Å². The maximum atomic E-state index is 10.8. The normalized spacial score (nSPS) is 24.9. The van der Waals surface area contributed by atoms with Crippen molar-refractivity contribution in [2.24, 2.45) is 17.8 Å².